The molecule has 6 atom stereocenters. The van der Waals surface area contributed by atoms with Crippen molar-refractivity contribution in [3.8, 4) is 0 Å². The van der Waals surface area contributed by atoms with Crippen LogP contribution in [0.4, 0.5) is 0 Å². The second kappa shape index (κ2) is 14.3. The van der Waals surface area contributed by atoms with Gasteiger partial charge < -0.3 is 40.7 Å². The summed E-state index contributed by atoms with van der Waals surface area (Å²) < 4.78 is 5.23. The lowest BCUT2D eigenvalue weighted by Crippen LogP contribution is -2.69. The normalized spacial score (nSPS) is 28.8. The third-order valence-corrected chi connectivity index (χ3v) is 5.81. The van der Waals surface area contributed by atoms with Gasteiger partial charge in [-0.1, -0.05) is 64.7 Å². The third kappa shape index (κ3) is 7.71. The summed E-state index contributed by atoms with van der Waals surface area (Å²) in [4.78, 5) is 12.5. The Labute approximate surface area is 179 Å². The van der Waals surface area contributed by atoms with Gasteiger partial charge in [-0.3, -0.25) is 4.79 Å². The van der Waals surface area contributed by atoms with Crippen LogP contribution in [0.1, 0.15) is 71.1 Å². The Morgan fingerprint density at radius 1 is 0.867 bits per heavy atom. The molecule has 1 rings (SSSR count). The van der Waals surface area contributed by atoms with Crippen LogP contribution in [0.5, 0.6) is 0 Å². The lowest BCUT2D eigenvalue weighted by atomic mass is 9.84. The molecular formula is C21H41NO8. The first-order valence-corrected chi connectivity index (χ1v) is 11.3. The van der Waals surface area contributed by atoms with Crippen LogP contribution in [0.2, 0.25) is 0 Å². The van der Waals surface area contributed by atoms with Gasteiger partial charge in [-0.15, -0.1) is 0 Å². The molecule has 0 aromatic carbocycles. The molecule has 1 aliphatic rings. The Morgan fingerprint density at radius 2 is 1.40 bits per heavy atom. The highest BCUT2D eigenvalue weighted by Crippen LogP contribution is 2.28. The molecule has 1 saturated heterocycles. The van der Waals surface area contributed by atoms with Gasteiger partial charge in [0.05, 0.1) is 13.2 Å². The average molecular weight is 436 g/mol. The molecule has 178 valence electrons. The zero-order valence-corrected chi connectivity index (χ0v) is 18.1. The summed E-state index contributed by atoms with van der Waals surface area (Å²) in [6.07, 6.45) is 3.25. The molecule has 1 aliphatic heterocycles. The van der Waals surface area contributed by atoms with Crippen molar-refractivity contribution in [2.45, 2.75) is 107 Å². The molecule has 0 aromatic rings. The van der Waals surface area contributed by atoms with E-state index in [0.717, 1.165) is 19.3 Å². The Hall–Kier alpha value is -0.810. The zero-order valence-electron chi connectivity index (χ0n) is 18.1. The number of nitrogens with one attached hydrogen (secondary N) is 1. The molecule has 0 saturated carbocycles. The van der Waals surface area contributed by atoms with Crippen LogP contribution in [0.25, 0.3) is 0 Å². The van der Waals surface area contributed by atoms with E-state index >= 15 is 0 Å². The van der Waals surface area contributed by atoms with Gasteiger partial charge in [0.2, 0.25) is 0 Å². The summed E-state index contributed by atoms with van der Waals surface area (Å²) >= 11 is 0. The fourth-order valence-electron chi connectivity index (χ4n) is 3.75. The first-order valence-electron chi connectivity index (χ1n) is 11.3. The molecule has 0 radical (unpaired) electrons. The second-order valence-electron chi connectivity index (χ2n) is 8.27. The third-order valence-electron chi connectivity index (χ3n) is 5.81. The predicted octanol–water partition coefficient (Wildman–Crippen LogP) is -0.411. The van der Waals surface area contributed by atoms with Gasteiger partial charge in [-0.25, -0.2) is 0 Å². The lowest BCUT2D eigenvalue weighted by Gasteiger charge is -2.45. The van der Waals surface area contributed by atoms with E-state index in [4.69, 9.17) is 4.74 Å². The molecule has 0 aromatic heterocycles. The molecule has 1 amide bonds. The smallest absolute Gasteiger partial charge is 0.257 e. The van der Waals surface area contributed by atoms with Crippen molar-refractivity contribution in [2.24, 2.45) is 0 Å². The number of carbonyl (C=O) groups is 1. The van der Waals surface area contributed by atoms with Crippen LogP contribution in [0.3, 0.4) is 0 Å². The molecule has 2 unspecified atom stereocenters. The Balaban J connectivity index is 2.38. The van der Waals surface area contributed by atoms with Crippen molar-refractivity contribution >= 4 is 5.91 Å². The van der Waals surface area contributed by atoms with Crippen molar-refractivity contribution in [3.05, 3.63) is 0 Å². The van der Waals surface area contributed by atoms with Crippen LogP contribution >= 0.6 is 0 Å². The second-order valence-corrected chi connectivity index (χ2v) is 8.27. The molecule has 9 heteroatoms. The fourth-order valence-corrected chi connectivity index (χ4v) is 3.75. The van der Waals surface area contributed by atoms with E-state index in [2.05, 4.69) is 12.2 Å². The van der Waals surface area contributed by atoms with Crippen LogP contribution in [-0.4, -0.2) is 92.4 Å². The minimum atomic E-state index is -2.52. The quantitative estimate of drug-likeness (QED) is 0.171. The largest absolute Gasteiger partial charge is 0.394 e. The van der Waals surface area contributed by atoms with Crippen molar-refractivity contribution in [2.75, 3.05) is 19.8 Å². The van der Waals surface area contributed by atoms with E-state index < -0.39 is 55.2 Å². The summed E-state index contributed by atoms with van der Waals surface area (Å²) in [5.74, 6) is -0.940. The number of unbranched alkanes of at least 4 members (excludes halogenated alkanes) is 9. The SMILES string of the molecule is CCCCCCCCCCCCNC(=O)C(O)(CO)C1O[C@H](CO)[C@@H](O)[C@H](O)[C@H]1O. The Kier molecular flexibility index (Phi) is 13.0. The number of amides is 1. The maximum Gasteiger partial charge on any atom is 0.257 e. The molecular weight excluding hydrogens is 394 g/mol. The van der Waals surface area contributed by atoms with Crippen molar-refractivity contribution in [1.82, 2.24) is 5.32 Å². The standard InChI is InChI=1S/C21H41NO8/c1-2-3-4-5-6-7-8-9-10-11-12-22-20(28)21(29,14-24)19-18(27)17(26)16(25)15(13-23)30-19/h15-19,23-27,29H,2-14H2,1H3,(H,22,28)/t15-,16-,17+,18-,19?,21?/m1/s1. The van der Waals surface area contributed by atoms with Crippen LogP contribution in [-0.2, 0) is 9.53 Å². The monoisotopic (exact) mass is 435 g/mol. The summed E-state index contributed by atoms with van der Waals surface area (Å²) in [5.41, 5.74) is -2.52. The maximum absolute atomic E-state index is 12.5. The lowest BCUT2D eigenvalue weighted by molar-refractivity contribution is -0.270. The summed E-state index contributed by atoms with van der Waals surface area (Å²) in [5, 5.41) is 61.9. The topological polar surface area (TPSA) is 160 Å². The summed E-state index contributed by atoms with van der Waals surface area (Å²) in [6.45, 7) is 0.738. The summed E-state index contributed by atoms with van der Waals surface area (Å²) in [7, 11) is 0. The van der Waals surface area contributed by atoms with E-state index in [1.165, 1.54) is 38.5 Å². The first-order chi connectivity index (χ1) is 14.3. The average Bonchev–Trinajstić information content (AvgIpc) is 2.75. The van der Waals surface area contributed by atoms with Crippen molar-refractivity contribution in [3.63, 3.8) is 0 Å². The Morgan fingerprint density at radius 3 is 1.90 bits per heavy atom. The number of rotatable bonds is 15. The minimum Gasteiger partial charge on any atom is -0.394 e. The van der Waals surface area contributed by atoms with Gasteiger partial charge in [-0.05, 0) is 6.42 Å². The first kappa shape index (κ1) is 27.2. The fraction of sp³-hybridized carbons (Fsp3) is 0.952. The molecule has 7 N–H and O–H groups in total. The van der Waals surface area contributed by atoms with E-state index in [0.29, 0.717) is 6.42 Å². The highest BCUT2D eigenvalue weighted by Gasteiger charge is 2.55. The van der Waals surface area contributed by atoms with Gasteiger partial charge in [0, 0.05) is 6.54 Å². The van der Waals surface area contributed by atoms with Gasteiger partial charge in [-0.2, -0.15) is 0 Å². The Bertz CT molecular complexity index is 478. The molecule has 0 aliphatic carbocycles. The van der Waals surface area contributed by atoms with Crippen LogP contribution < -0.4 is 5.32 Å². The van der Waals surface area contributed by atoms with E-state index in [1.54, 1.807) is 0 Å². The highest BCUT2D eigenvalue weighted by molar-refractivity contribution is 5.86. The van der Waals surface area contributed by atoms with Gasteiger partial charge >= 0.3 is 0 Å². The molecule has 0 spiro atoms. The van der Waals surface area contributed by atoms with E-state index in [1.807, 2.05) is 0 Å². The van der Waals surface area contributed by atoms with Crippen LogP contribution in [0.15, 0.2) is 0 Å². The molecule has 1 heterocycles. The van der Waals surface area contributed by atoms with E-state index in [-0.39, 0.29) is 6.54 Å². The molecule has 0 bridgehead atoms. The minimum absolute atomic E-state index is 0.287. The number of hydrogen-bond donors (Lipinski definition) is 7. The van der Waals surface area contributed by atoms with Crippen LogP contribution in [0, 0.1) is 0 Å². The highest BCUT2D eigenvalue weighted by atomic mass is 16.6. The summed E-state index contributed by atoms with van der Waals surface area (Å²) in [6, 6.07) is 0. The molecule has 30 heavy (non-hydrogen) atoms. The van der Waals surface area contributed by atoms with Gasteiger partial charge in [0.15, 0.2) is 5.60 Å². The number of ether oxygens (including phenoxy) is 1. The van der Waals surface area contributed by atoms with Gasteiger partial charge in [0.25, 0.3) is 5.91 Å². The zero-order chi connectivity index (χ0) is 22.6. The maximum atomic E-state index is 12.5. The van der Waals surface area contributed by atoms with E-state index in [9.17, 15) is 35.4 Å². The molecule has 1 fully saturated rings. The number of hydrogen-bond acceptors (Lipinski definition) is 8. The van der Waals surface area contributed by atoms with Crippen molar-refractivity contribution < 1.29 is 40.2 Å². The number of carbonyl (C=O) groups excluding carboxylic acids is 1. The van der Waals surface area contributed by atoms with Crippen molar-refractivity contribution in [1.29, 1.82) is 0 Å². The van der Waals surface area contributed by atoms with Gasteiger partial charge in [0.1, 0.15) is 30.5 Å². The number of aliphatic hydroxyl groups excluding tert-OH is 5. The molecule has 9 nitrogen and oxygen atoms in total. The predicted molar refractivity (Wildman–Crippen MR) is 111 cm³/mol. The number of aliphatic hydroxyl groups is 6.